The van der Waals surface area contributed by atoms with Crippen molar-refractivity contribution in [1.29, 1.82) is 5.26 Å². The van der Waals surface area contributed by atoms with Crippen LogP contribution < -0.4 is 10.2 Å². The second kappa shape index (κ2) is 8.59. The highest BCUT2D eigenvalue weighted by atomic mass is 16.5. The molecule has 0 aliphatic carbocycles. The van der Waals surface area contributed by atoms with Gasteiger partial charge in [-0.25, -0.2) is 9.97 Å². The van der Waals surface area contributed by atoms with Gasteiger partial charge in [0.25, 0.3) is 0 Å². The Morgan fingerprint density at radius 1 is 1.31 bits per heavy atom. The van der Waals surface area contributed by atoms with Gasteiger partial charge >= 0.3 is 0 Å². The predicted molar refractivity (Wildman–Crippen MR) is 98.8 cm³/mol. The van der Waals surface area contributed by atoms with Crippen LogP contribution in [0.4, 0.5) is 5.82 Å². The van der Waals surface area contributed by atoms with Crippen molar-refractivity contribution in [2.45, 2.75) is 25.2 Å². The highest BCUT2D eigenvalue weighted by Crippen LogP contribution is 2.29. The summed E-state index contributed by atoms with van der Waals surface area (Å²) in [6.45, 7) is 2.76. The van der Waals surface area contributed by atoms with Crippen molar-refractivity contribution in [1.82, 2.24) is 15.3 Å². The van der Waals surface area contributed by atoms with Gasteiger partial charge < -0.3 is 15.0 Å². The van der Waals surface area contributed by atoms with Gasteiger partial charge in [0.05, 0.1) is 17.1 Å². The molecule has 1 atom stereocenters. The molecule has 1 saturated heterocycles. The Morgan fingerprint density at radius 3 is 2.65 bits per heavy atom. The fourth-order valence-corrected chi connectivity index (χ4v) is 3.13. The van der Waals surface area contributed by atoms with E-state index in [1.54, 1.807) is 7.11 Å². The lowest BCUT2D eigenvalue weighted by Crippen LogP contribution is -2.32. The van der Waals surface area contributed by atoms with Crippen molar-refractivity contribution >= 4 is 22.8 Å². The second-order valence-corrected chi connectivity index (χ2v) is 6.31. The minimum Gasteiger partial charge on any atom is -0.385 e. The van der Waals surface area contributed by atoms with Crippen molar-refractivity contribution in [3.8, 4) is 6.07 Å². The Morgan fingerprint density at radius 2 is 2.00 bits per heavy atom. The van der Waals surface area contributed by atoms with Gasteiger partial charge in [0, 0.05) is 33.4 Å². The van der Waals surface area contributed by atoms with E-state index in [1.165, 1.54) is 0 Å². The number of amides is 1. The first-order valence-corrected chi connectivity index (χ1v) is 8.92. The van der Waals surface area contributed by atoms with Crippen LogP contribution in [-0.2, 0) is 9.53 Å². The SMILES string of the molecule is COCCCNC(=O)[C@@H](C#N)c1nc2ccccc2nc1N1CCCC1. The molecule has 0 radical (unpaired) electrons. The van der Waals surface area contributed by atoms with Crippen LogP contribution in [0.25, 0.3) is 11.0 Å². The normalized spacial score (nSPS) is 15.0. The fraction of sp³-hybridized carbons (Fsp3) is 0.474. The molecular weight excluding hydrogens is 330 g/mol. The quantitative estimate of drug-likeness (QED) is 0.766. The third-order valence-corrected chi connectivity index (χ3v) is 4.47. The van der Waals surface area contributed by atoms with Crippen LogP contribution in [-0.4, -0.2) is 49.2 Å². The van der Waals surface area contributed by atoms with Gasteiger partial charge in [0.15, 0.2) is 11.7 Å². The molecule has 1 aromatic heterocycles. The summed E-state index contributed by atoms with van der Waals surface area (Å²) in [5.41, 5.74) is 1.91. The minimum absolute atomic E-state index is 0.339. The third-order valence-electron chi connectivity index (χ3n) is 4.47. The summed E-state index contributed by atoms with van der Waals surface area (Å²) >= 11 is 0. The van der Waals surface area contributed by atoms with Gasteiger partial charge in [-0.05, 0) is 31.4 Å². The van der Waals surface area contributed by atoms with Crippen LogP contribution in [0.3, 0.4) is 0 Å². The zero-order valence-corrected chi connectivity index (χ0v) is 14.9. The minimum atomic E-state index is -0.981. The number of nitriles is 1. The van der Waals surface area contributed by atoms with Crippen molar-refractivity contribution < 1.29 is 9.53 Å². The maximum atomic E-state index is 12.6. The second-order valence-electron chi connectivity index (χ2n) is 6.31. The van der Waals surface area contributed by atoms with E-state index in [9.17, 15) is 10.1 Å². The Hall–Kier alpha value is -2.72. The van der Waals surface area contributed by atoms with Gasteiger partial charge in [-0.2, -0.15) is 5.26 Å². The largest absolute Gasteiger partial charge is 0.385 e. The summed E-state index contributed by atoms with van der Waals surface area (Å²) < 4.78 is 4.98. The maximum absolute atomic E-state index is 12.6. The molecule has 0 spiro atoms. The fourth-order valence-electron chi connectivity index (χ4n) is 3.13. The monoisotopic (exact) mass is 353 g/mol. The van der Waals surface area contributed by atoms with Gasteiger partial charge in [-0.1, -0.05) is 12.1 Å². The summed E-state index contributed by atoms with van der Waals surface area (Å²) in [5.74, 6) is -0.668. The van der Waals surface area contributed by atoms with E-state index in [4.69, 9.17) is 9.72 Å². The molecule has 3 rings (SSSR count). The van der Waals surface area contributed by atoms with E-state index in [2.05, 4.69) is 21.3 Å². The molecule has 1 amide bonds. The lowest BCUT2D eigenvalue weighted by Gasteiger charge is -2.21. The number of hydrogen-bond donors (Lipinski definition) is 1. The van der Waals surface area contributed by atoms with Crippen LogP contribution in [0, 0.1) is 11.3 Å². The van der Waals surface area contributed by atoms with Crippen molar-refractivity contribution in [2.24, 2.45) is 0 Å². The molecule has 1 N–H and O–H groups in total. The van der Waals surface area contributed by atoms with Crippen molar-refractivity contribution in [2.75, 3.05) is 38.3 Å². The molecule has 0 saturated carbocycles. The van der Waals surface area contributed by atoms with Gasteiger partial charge in [0.2, 0.25) is 5.91 Å². The topological polar surface area (TPSA) is 91.1 Å². The molecule has 136 valence electrons. The summed E-state index contributed by atoms with van der Waals surface area (Å²) in [6, 6.07) is 9.66. The van der Waals surface area contributed by atoms with Crippen LogP contribution in [0.2, 0.25) is 0 Å². The van der Waals surface area contributed by atoms with Gasteiger partial charge in [0.1, 0.15) is 5.69 Å². The molecular formula is C19H23N5O2. The van der Waals surface area contributed by atoms with E-state index in [0.717, 1.165) is 31.4 Å². The van der Waals surface area contributed by atoms with Gasteiger partial charge in [-0.3, -0.25) is 4.79 Å². The Labute approximate surface area is 153 Å². The molecule has 26 heavy (non-hydrogen) atoms. The molecule has 1 aliphatic rings. The number of methoxy groups -OCH3 is 1. The lowest BCUT2D eigenvalue weighted by atomic mass is 10.0. The number of carbonyl (C=O) groups excluding carboxylic acids is 1. The number of para-hydroxylation sites is 2. The van der Waals surface area contributed by atoms with E-state index >= 15 is 0 Å². The number of nitrogens with zero attached hydrogens (tertiary/aromatic N) is 4. The summed E-state index contributed by atoms with van der Waals surface area (Å²) in [6.07, 6.45) is 2.85. The molecule has 1 fully saturated rings. The molecule has 1 aliphatic heterocycles. The van der Waals surface area contributed by atoms with Crippen molar-refractivity contribution in [3.05, 3.63) is 30.0 Å². The lowest BCUT2D eigenvalue weighted by molar-refractivity contribution is -0.121. The van der Waals surface area contributed by atoms with E-state index in [1.807, 2.05) is 24.3 Å². The van der Waals surface area contributed by atoms with Crippen LogP contribution in [0.15, 0.2) is 24.3 Å². The standard InChI is InChI=1S/C19H23N5O2/c1-26-12-6-9-21-19(25)14(13-20)17-18(24-10-4-5-11-24)23-16-8-3-2-7-15(16)22-17/h2-3,7-8,14H,4-6,9-12H2,1H3,(H,21,25)/t14-/m0/s1. The number of anilines is 1. The number of aromatic nitrogens is 2. The molecule has 7 nitrogen and oxygen atoms in total. The third kappa shape index (κ3) is 3.92. The number of benzene rings is 1. The molecule has 1 aromatic carbocycles. The Balaban J connectivity index is 1.93. The van der Waals surface area contributed by atoms with E-state index in [-0.39, 0.29) is 5.91 Å². The first-order chi connectivity index (χ1) is 12.7. The van der Waals surface area contributed by atoms with Gasteiger partial charge in [-0.15, -0.1) is 0 Å². The van der Waals surface area contributed by atoms with Crippen LogP contribution in [0.1, 0.15) is 30.9 Å². The molecule has 7 heteroatoms. The molecule has 0 unspecified atom stereocenters. The maximum Gasteiger partial charge on any atom is 0.243 e. The smallest absolute Gasteiger partial charge is 0.243 e. The highest BCUT2D eigenvalue weighted by molar-refractivity contribution is 5.88. The number of hydrogen-bond acceptors (Lipinski definition) is 6. The highest BCUT2D eigenvalue weighted by Gasteiger charge is 2.29. The number of nitrogens with one attached hydrogen (secondary N) is 1. The predicted octanol–water partition coefficient (Wildman–Crippen LogP) is 1.99. The zero-order chi connectivity index (χ0) is 18.4. The first kappa shape index (κ1) is 18.1. The molecule has 2 aromatic rings. The van der Waals surface area contributed by atoms with Crippen LogP contribution in [0.5, 0.6) is 0 Å². The Kier molecular flexibility index (Phi) is 5.97. The number of fused-ring (bicyclic) bond motifs is 1. The number of carbonyl (C=O) groups is 1. The number of ether oxygens (including phenoxy) is 1. The van der Waals surface area contributed by atoms with Crippen LogP contribution >= 0.6 is 0 Å². The summed E-state index contributed by atoms with van der Waals surface area (Å²) in [5, 5.41) is 12.5. The number of rotatable bonds is 7. The first-order valence-electron chi connectivity index (χ1n) is 8.92. The summed E-state index contributed by atoms with van der Waals surface area (Å²) in [7, 11) is 1.62. The summed E-state index contributed by atoms with van der Waals surface area (Å²) in [4.78, 5) is 24.1. The zero-order valence-electron chi connectivity index (χ0n) is 14.9. The van der Waals surface area contributed by atoms with Crippen molar-refractivity contribution in [3.63, 3.8) is 0 Å². The van der Waals surface area contributed by atoms with E-state index < -0.39 is 5.92 Å². The average molecular weight is 353 g/mol. The molecule has 0 bridgehead atoms. The average Bonchev–Trinajstić information content (AvgIpc) is 3.20. The van der Waals surface area contributed by atoms with E-state index in [0.29, 0.717) is 36.6 Å². The Bertz CT molecular complexity index is 811. The molecule has 2 heterocycles.